The molecule has 2 aliphatic rings. The van der Waals surface area contributed by atoms with Gasteiger partial charge in [-0.3, -0.25) is 4.90 Å². The van der Waals surface area contributed by atoms with E-state index in [1.165, 1.54) is 0 Å². The fraction of sp³-hybridized carbons (Fsp3) is 1.00. The fourth-order valence-electron chi connectivity index (χ4n) is 2.19. The van der Waals surface area contributed by atoms with Crippen LogP contribution in [0.3, 0.4) is 0 Å². The average Bonchev–Trinajstić information content (AvgIpc) is 2.33. The summed E-state index contributed by atoms with van der Waals surface area (Å²) < 4.78 is 0. The van der Waals surface area contributed by atoms with Gasteiger partial charge in [0.2, 0.25) is 0 Å². The summed E-state index contributed by atoms with van der Waals surface area (Å²) in [6.45, 7) is 1.97. The highest BCUT2D eigenvalue weighted by Crippen LogP contribution is 2.26. The van der Waals surface area contributed by atoms with Gasteiger partial charge in [0.1, 0.15) is 0 Å². The zero-order valence-corrected chi connectivity index (χ0v) is 7.11. The Labute approximate surface area is 72.1 Å². The molecule has 0 unspecified atom stereocenters. The van der Waals surface area contributed by atoms with Crippen LogP contribution in [-0.4, -0.2) is 51.9 Å². The maximum atomic E-state index is 9.49. The lowest BCUT2D eigenvalue weighted by atomic mass is 9.98. The normalized spacial score (nSPS) is 42.0. The van der Waals surface area contributed by atoms with Crippen molar-refractivity contribution in [3.8, 4) is 0 Å². The lowest BCUT2D eigenvalue weighted by Gasteiger charge is -2.33. The molecule has 72 valence electrons. The minimum Gasteiger partial charge on any atom is -0.412 e. The molecule has 12 heavy (non-hydrogen) atoms. The largest absolute Gasteiger partial charge is 0.412 e. The molecule has 0 bridgehead atoms. The van der Waals surface area contributed by atoms with Gasteiger partial charge in [0.15, 0.2) is 0 Å². The van der Waals surface area contributed by atoms with Gasteiger partial charge in [0.25, 0.3) is 0 Å². The molecule has 3 atom stereocenters. The van der Waals surface area contributed by atoms with Crippen molar-refractivity contribution < 1.29 is 15.7 Å². The first kappa shape index (κ1) is 9.92. The van der Waals surface area contributed by atoms with E-state index in [0.29, 0.717) is 0 Å². The summed E-state index contributed by atoms with van der Waals surface area (Å²) in [5, 5.41) is 18.8. The van der Waals surface area contributed by atoms with Gasteiger partial charge in [-0.05, 0) is 19.3 Å². The Morgan fingerprint density at radius 2 is 1.75 bits per heavy atom. The second-order valence-electron chi connectivity index (χ2n) is 3.64. The van der Waals surface area contributed by atoms with Crippen LogP contribution in [0.25, 0.3) is 0 Å². The maximum Gasteiger partial charge on any atom is 0.0708 e. The van der Waals surface area contributed by atoms with Crippen LogP contribution >= 0.6 is 0 Å². The third-order valence-corrected chi connectivity index (χ3v) is 2.89. The molecule has 0 amide bonds. The van der Waals surface area contributed by atoms with Crippen LogP contribution < -0.4 is 0 Å². The van der Waals surface area contributed by atoms with E-state index in [9.17, 15) is 10.2 Å². The molecule has 4 nitrogen and oxygen atoms in total. The summed E-state index contributed by atoms with van der Waals surface area (Å²) in [7, 11) is 0. The zero-order valence-electron chi connectivity index (χ0n) is 7.11. The molecule has 2 rings (SSSR count). The van der Waals surface area contributed by atoms with Gasteiger partial charge >= 0.3 is 0 Å². The number of aliphatic hydroxyl groups excluding tert-OH is 2. The summed E-state index contributed by atoms with van der Waals surface area (Å²) in [6, 6.07) is 0.249. The number of hydrogen-bond donors (Lipinski definition) is 2. The summed E-state index contributed by atoms with van der Waals surface area (Å²) in [6.07, 6.45) is 2.16. The summed E-state index contributed by atoms with van der Waals surface area (Å²) in [5.41, 5.74) is 0. The summed E-state index contributed by atoms with van der Waals surface area (Å²) in [5.74, 6) is 0. The maximum absolute atomic E-state index is 9.49. The van der Waals surface area contributed by atoms with Crippen LogP contribution in [0.2, 0.25) is 0 Å². The van der Waals surface area contributed by atoms with Gasteiger partial charge in [-0.25, -0.2) is 0 Å². The van der Waals surface area contributed by atoms with Crippen molar-refractivity contribution in [1.82, 2.24) is 4.90 Å². The lowest BCUT2D eigenvalue weighted by molar-refractivity contribution is 0.0230. The zero-order chi connectivity index (χ0) is 7.84. The minimum absolute atomic E-state index is 0. The van der Waals surface area contributed by atoms with E-state index in [1.807, 2.05) is 0 Å². The molecule has 2 heterocycles. The Balaban J connectivity index is 0.000000720. The van der Waals surface area contributed by atoms with Gasteiger partial charge in [-0.2, -0.15) is 0 Å². The quantitative estimate of drug-likeness (QED) is 0.483. The smallest absolute Gasteiger partial charge is 0.0708 e. The van der Waals surface area contributed by atoms with E-state index in [1.54, 1.807) is 0 Å². The molecule has 2 aliphatic heterocycles. The molecular weight excluding hydrogens is 158 g/mol. The third kappa shape index (κ3) is 1.61. The second kappa shape index (κ2) is 3.70. The molecule has 0 saturated carbocycles. The Morgan fingerprint density at radius 1 is 1.08 bits per heavy atom. The number of fused-ring (bicyclic) bond motifs is 1. The van der Waals surface area contributed by atoms with Crippen molar-refractivity contribution in [3.63, 3.8) is 0 Å². The fourth-order valence-corrected chi connectivity index (χ4v) is 2.19. The van der Waals surface area contributed by atoms with Gasteiger partial charge in [-0.15, -0.1) is 0 Å². The van der Waals surface area contributed by atoms with E-state index in [0.717, 1.165) is 32.4 Å². The molecule has 0 aromatic carbocycles. The SMILES string of the molecule is O.O[C@@H]1CCN2CC[C@@H](O)[C@@H]2C1. The Hall–Kier alpha value is -0.160. The first-order valence-electron chi connectivity index (χ1n) is 4.37. The molecule has 2 saturated heterocycles. The molecule has 0 aromatic heterocycles. The number of rotatable bonds is 0. The standard InChI is InChI=1S/C8H15NO2.H2O/c10-6-1-3-9-4-2-8(11)7(9)5-6;/h6-8,10-11H,1-5H2;1H2/t6-,7+,8-;/m1./s1. The molecule has 0 spiro atoms. The van der Waals surface area contributed by atoms with Crippen molar-refractivity contribution in [1.29, 1.82) is 0 Å². The van der Waals surface area contributed by atoms with Crippen LogP contribution in [0.4, 0.5) is 0 Å². The van der Waals surface area contributed by atoms with Crippen LogP contribution in [0.1, 0.15) is 19.3 Å². The highest BCUT2D eigenvalue weighted by atomic mass is 16.3. The van der Waals surface area contributed by atoms with Gasteiger partial charge in [0.05, 0.1) is 12.2 Å². The molecule has 4 N–H and O–H groups in total. The highest BCUT2D eigenvalue weighted by molar-refractivity contribution is 4.91. The van der Waals surface area contributed by atoms with Crippen LogP contribution in [0, 0.1) is 0 Å². The van der Waals surface area contributed by atoms with E-state index in [4.69, 9.17) is 0 Å². The third-order valence-electron chi connectivity index (χ3n) is 2.89. The van der Waals surface area contributed by atoms with Gasteiger partial charge in [-0.1, -0.05) is 0 Å². The van der Waals surface area contributed by atoms with E-state index >= 15 is 0 Å². The van der Waals surface area contributed by atoms with E-state index < -0.39 is 0 Å². The summed E-state index contributed by atoms with van der Waals surface area (Å²) >= 11 is 0. The van der Waals surface area contributed by atoms with Crippen LogP contribution in [0.5, 0.6) is 0 Å². The van der Waals surface area contributed by atoms with Crippen LogP contribution in [-0.2, 0) is 0 Å². The van der Waals surface area contributed by atoms with Crippen molar-refractivity contribution in [3.05, 3.63) is 0 Å². The Bertz CT molecular complexity index is 153. The first-order chi connectivity index (χ1) is 5.27. The molecule has 2 fully saturated rings. The Kier molecular flexibility index (Phi) is 3.06. The number of hydrogen-bond acceptors (Lipinski definition) is 3. The van der Waals surface area contributed by atoms with Crippen LogP contribution in [0.15, 0.2) is 0 Å². The Morgan fingerprint density at radius 3 is 2.50 bits per heavy atom. The van der Waals surface area contributed by atoms with Gasteiger partial charge in [0, 0.05) is 19.1 Å². The highest BCUT2D eigenvalue weighted by Gasteiger charge is 2.36. The molecule has 0 radical (unpaired) electrons. The lowest BCUT2D eigenvalue weighted by Crippen LogP contribution is -2.43. The molecule has 0 aliphatic carbocycles. The molecule has 4 heteroatoms. The number of nitrogens with zero attached hydrogens (tertiary/aromatic N) is 1. The van der Waals surface area contributed by atoms with Gasteiger partial charge < -0.3 is 15.7 Å². The molecule has 0 aromatic rings. The minimum atomic E-state index is -0.190. The monoisotopic (exact) mass is 175 g/mol. The van der Waals surface area contributed by atoms with Crippen molar-refractivity contribution in [2.24, 2.45) is 0 Å². The van der Waals surface area contributed by atoms with Crippen molar-refractivity contribution in [2.75, 3.05) is 13.1 Å². The predicted molar refractivity (Wildman–Crippen MR) is 44.8 cm³/mol. The summed E-state index contributed by atoms with van der Waals surface area (Å²) in [4.78, 5) is 2.29. The van der Waals surface area contributed by atoms with E-state index in [2.05, 4.69) is 4.90 Å². The van der Waals surface area contributed by atoms with E-state index in [-0.39, 0.29) is 23.7 Å². The topological polar surface area (TPSA) is 75.2 Å². The van der Waals surface area contributed by atoms with Crippen molar-refractivity contribution >= 4 is 0 Å². The van der Waals surface area contributed by atoms with Crippen molar-refractivity contribution in [2.45, 2.75) is 37.5 Å². The number of aliphatic hydroxyl groups is 2. The molecular formula is C8H17NO3. The second-order valence-corrected chi connectivity index (χ2v) is 3.64. The predicted octanol–water partition coefficient (Wildman–Crippen LogP) is -1.25. The average molecular weight is 175 g/mol. The number of piperidine rings is 1. The first-order valence-corrected chi connectivity index (χ1v) is 4.37.